The van der Waals surface area contributed by atoms with E-state index in [9.17, 15) is 18.9 Å². The van der Waals surface area contributed by atoms with Gasteiger partial charge in [0, 0.05) is 12.3 Å². The number of nitro groups is 1. The summed E-state index contributed by atoms with van der Waals surface area (Å²) in [7, 11) is 1.33. The first-order chi connectivity index (χ1) is 17.8. The van der Waals surface area contributed by atoms with E-state index < -0.39 is 39.9 Å². The molecule has 1 aromatic heterocycles. The zero-order chi connectivity index (χ0) is 26.5. The topological polar surface area (TPSA) is 93.0 Å². The van der Waals surface area contributed by atoms with Crippen molar-refractivity contribution in [2.45, 2.75) is 19.6 Å². The van der Waals surface area contributed by atoms with E-state index in [1.165, 1.54) is 25.4 Å². The molecule has 37 heavy (non-hydrogen) atoms. The van der Waals surface area contributed by atoms with Crippen molar-refractivity contribution in [3.05, 3.63) is 93.9 Å². The van der Waals surface area contributed by atoms with Crippen LogP contribution in [0.25, 0.3) is 10.9 Å². The molecule has 0 aliphatic rings. The van der Waals surface area contributed by atoms with Crippen LogP contribution in [-0.2, 0) is 11.3 Å². The van der Waals surface area contributed by atoms with Gasteiger partial charge in [-0.3, -0.25) is 15.1 Å². The van der Waals surface area contributed by atoms with Crippen LogP contribution in [0, 0.1) is 27.6 Å². The van der Waals surface area contributed by atoms with Crippen LogP contribution in [0.3, 0.4) is 0 Å². The maximum atomic E-state index is 15.8. The van der Waals surface area contributed by atoms with E-state index in [4.69, 9.17) is 18.9 Å². The Morgan fingerprint density at radius 2 is 1.70 bits per heavy atom. The lowest BCUT2D eigenvalue weighted by Gasteiger charge is -2.19. The smallest absolute Gasteiger partial charge is 0.275 e. The molecular weight excluding hydrogens is 493 g/mol. The number of non-ortho nitro benzene ring substituents is 1. The number of halogens is 3. The second-order valence-electron chi connectivity index (χ2n) is 7.95. The standard InChI is InChI=1S/C26H21F3N2O6/c1-15(13-35-14-16-6-4-3-5-7-16)36-26-22(34-2)12-20-23(24(26)29)21(8-9-30-20)37-25-18(27)10-17(31(32)33)11-19(25)28/h3-12,15H,13-14H2,1-2H3. The first-order valence-corrected chi connectivity index (χ1v) is 11.0. The van der Waals surface area contributed by atoms with E-state index in [0.29, 0.717) is 18.7 Å². The lowest BCUT2D eigenvalue weighted by Crippen LogP contribution is -2.20. The minimum atomic E-state index is -1.33. The van der Waals surface area contributed by atoms with Gasteiger partial charge in [-0.25, -0.2) is 13.2 Å². The predicted octanol–water partition coefficient (Wildman–Crippen LogP) is 6.35. The molecule has 0 bridgehead atoms. The fourth-order valence-electron chi connectivity index (χ4n) is 3.56. The molecule has 1 atom stereocenters. The Bertz CT molecular complexity index is 1410. The molecule has 4 rings (SSSR count). The molecular formula is C26H21F3N2O6. The Hall–Kier alpha value is -4.38. The van der Waals surface area contributed by atoms with Crippen molar-refractivity contribution in [3.8, 4) is 23.0 Å². The first kappa shape index (κ1) is 25.7. The lowest BCUT2D eigenvalue weighted by molar-refractivity contribution is -0.385. The number of fused-ring (bicyclic) bond motifs is 1. The molecule has 0 N–H and O–H groups in total. The average molecular weight is 514 g/mol. The van der Waals surface area contributed by atoms with E-state index in [2.05, 4.69) is 4.98 Å². The molecule has 0 aliphatic heterocycles. The van der Waals surface area contributed by atoms with Gasteiger partial charge in [0.05, 0.1) is 48.3 Å². The number of hydrogen-bond acceptors (Lipinski definition) is 7. The van der Waals surface area contributed by atoms with Crippen LogP contribution < -0.4 is 14.2 Å². The largest absolute Gasteiger partial charge is 0.493 e. The van der Waals surface area contributed by atoms with Gasteiger partial charge in [0.15, 0.2) is 34.7 Å². The molecule has 0 spiro atoms. The van der Waals surface area contributed by atoms with E-state index >= 15 is 4.39 Å². The summed E-state index contributed by atoms with van der Waals surface area (Å²) in [5, 5.41) is 10.6. The Morgan fingerprint density at radius 3 is 2.35 bits per heavy atom. The Balaban J connectivity index is 1.63. The van der Waals surface area contributed by atoms with Gasteiger partial charge in [-0.2, -0.15) is 0 Å². The summed E-state index contributed by atoms with van der Waals surface area (Å²) >= 11 is 0. The Labute approximate surface area is 209 Å². The predicted molar refractivity (Wildman–Crippen MR) is 128 cm³/mol. The number of aromatic nitrogens is 1. The van der Waals surface area contributed by atoms with Crippen molar-refractivity contribution in [2.75, 3.05) is 13.7 Å². The van der Waals surface area contributed by atoms with Crippen molar-refractivity contribution in [2.24, 2.45) is 0 Å². The van der Waals surface area contributed by atoms with Crippen molar-refractivity contribution < 1.29 is 37.0 Å². The van der Waals surface area contributed by atoms with Gasteiger partial charge in [-0.1, -0.05) is 30.3 Å². The summed E-state index contributed by atoms with van der Waals surface area (Å²) in [5.41, 5.74) is 0.231. The van der Waals surface area contributed by atoms with Crippen LogP contribution in [-0.4, -0.2) is 29.7 Å². The lowest BCUT2D eigenvalue weighted by atomic mass is 10.1. The van der Waals surface area contributed by atoms with Crippen LogP contribution in [0.2, 0.25) is 0 Å². The molecule has 4 aromatic rings. The third-order valence-electron chi connectivity index (χ3n) is 5.26. The molecule has 0 saturated carbocycles. The highest BCUT2D eigenvalue weighted by atomic mass is 19.1. The van der Waals surface area contributed by atoms with Gasteiger partial charge in [0.25, 0.3) is 5.69 Å². The van der Waals surface area contributed by atoms with Crippen LogP contribution >= 0.6 is 0 Å². The summed E-state index contributed by atoms with van der Waals surface area (Å²) in [6.07, 6.45) is 0.647. The molecule has 3 aromatic carbocycles. The van der Waals surface area contributed by atoms with Crippen LogP contribution in [0.4, 0.5) is 18.9 Å². The molecule has 192 valence electrons. The van der Waals surface area contributed by atoms with Gasteiger partial charge in [0.1, 0.15) is 11.9 Å². The monoisotopic (exact) mass is 514 g/mol. The van der Waals surface area contributed by atoms with Gasteiger partial charge in [-0.15, -0.1) is 0 Å². The van der Waals surface area contributed by atoms with E-state index in [0.717, 1.165) is 5.56 Å². The van der Waals surface area contributed by atoms with Gasteiger partial charge in [-0.05, 0) is 18.6 Å². The zero-order valence-corrected chi connectivity index (χ0v) is 19.7. The minimum absolute atomic E-state index is 0.0391. The summed E-state index contributed by atoms with van der Waals surface area (Å²) in [4.78, 5) is 14.0. The van der Waals surface area contributed by atoms with E-state index in [-0.39, 0.29) is 34.8 Å². The van der Waals surface area contributed by atoms with Crippen LogP contribution in [0.15, 0.2) is 60.8 Å². The zero-order valence-electron chi connectivity index (χ0n) is 19.7. The number of benzene rings is 3. The van der Waals surface area contributed by atoms with E-state index in [1.807, 2.05) is 30.3 Å². The number of hydrogen-bond donors (Lipinski definition) is 0. The third kappa shape index (κ3) is 5.72. The minimum Gasteiger partial charge on any atom is -0.493 e. The maximum Gasteiger partial charge on any atom is 0.275 e. The van der Waals surface area contributed by atoms with Gasteiger partial charge in [0.2, 0.25) is 0 Å². The Morgan fingerprint density at radius 1 is 1.00 bits per heavy atom. The highest BCUT2D eigenvalue weighted by Crippen LogP contribution is 2.42. The molecule has 0 fully saturated rings. The highest BCUT2D eigenvalue weighted by molar-refractivity contribution is 5.89. The number of pyridine rings is 1. The van der Waals surface area contributed by atoms with Crippen molar-refractivity contribution in [3.63, 3.8) is 0 Å². The SMILES string of the molecule is COc1cc2nccc(Oc3c(F)cc([N+](=O)[O-])cc3F)c2c(F)c1OC(C)COCc1ccccc1. The number of nitrogens with zero attached hydrogens (tertiary/aromatic N) is 2. The fraction of sp³-hybridized carbons (Fsp3) is 0.192. The number of rotatable bonds is 10. The fourth-order valence-corrected chi connectivity index (χ4v) is 3.56. The summed E-state index contributed by atoms with van der Waals surface area (Å²) < 4.78 is 66.7. The summed E-state index contributed by atoms with van der Waals surface area (Å²) in [5.74, 6) is -5.04. The summed E-state index contributed by atoms with van der Waals surface area (Å²) in [6, 6.07) is 13.1. The highest BCUT2D eigenvalue weighted by Gasteiger charge is 2.24. The molecule has 11 heteroatoms. The normalized spacial score (nSPS) is 11.8. The van der Waals surface area contributed by atoms with Crippen molar-refractivity contribution in [1.82, 2.24) is 4.98 Å². The van der Waals surface area contributed by atoms with Gasteiger partial charge < -0.3 is 18.9 Å². The van der Waals surface area contributed by atoms with Crippen LogP contribution in [0.5, 0.6) is 23.0 Å². The van der Waals surface area contributed by atoms with E-state index in [1.54, 1.807) is 6.92 Å². The third-order valence-corrected chi connectivity index (χ3v) is 5.26. The molecule has 0 amide bonds. The second-order valence-corrected chi connectivity index (χ2v) is 7.95. The molecule has 0 saturated heterocycles. The van der Waals surface area contributed by atoms with Crippen molar-refractivity contribution in [1.29, 1.82) is 0 Å². The number of methoxy groups -OCH3 is 1. The van der Waals surface area contributed by atoms with Gasteiger partial charge >= 0.3 is 0 Å². The second kappa shape index (κ2) is 11.1. The Kier molecular flexibility index (Phi) is 7.73. The maximum absolute atomic E-state index is 15.8. The molecule has 0 radical (unpaired) electrons. The molecule has 8 nitrogen and oxygen atoms in total. The number of nitro benzene ring substituents is 1. The first-order valence-electron chi connectivity index (χ1n) is 11.0. The quantitative estimate of drug-likeness (QED) is 0.180. The number of ether oxygens (including phenoxy) is 4. The molecule has 0 aliphatic carbocycles. The molecule has 1 unspecified atom stereocenters. The van der Waals surface area contributed by atoms with Crippen LogP contribution in [0.1, 0.15) is 12.5 Å². The summed E-state index contributed by atoms with van der Waals surface area (Å²) in [6.45, 7) is 2.14. The molecule has 1 heterocycles. The average Bonchev–Trinajstić information content (AvgIpc) is 2.88. The van der Waals surface area contributed by atoms with Crippen molar-refractivity contribution >= 4 is 16.6 Å².